The van der Waals surface area contributed by atoms with Crippen LogP contribution < -0.4 is 9.64 Å². The van der Waals surface area contributed by atoms with Gasteiger partial charge in [-0.2, -0.15) is 22.0 Å². The molecule has 10 heteroatoms. The highest BCUT2D eigenvalue weighted by Gasteiger charge is 2.36. The van der Waals surface area contributed by atoms with Gasteiger partial charge >= 0.3 is 18.3 Å². The number of benzene rings is 2. The SMILES string of the molecule is CC(F)(F)OC[C@@H]1C[C@@H](Oc2ccc(C(F)(F)F)cc2)CN1c1ccc(C(=O)O)cc1. The van der Waals surface area contributed by atoms with Gasteiger partial charge in [-0.05, 0) is 48.5 Å². The first-order valence-corrected chi connectivity index (χ1v) is 9.38. The van der Waals surface area contributed by atoms with Crippen LogP contribution in [-0.2, 0) is 10.9 Å². The average Bonchev–Trinajstić information content (AvgIpc) is 3.08. The smallest absolute Gasteiger partial charge is 0.416 e. The highest BCUT2D eigenvalue weighted by atomic mass is 19.4. The Kier molecular flexibility index (Phi) is 6.40. The maximum absolute atomic E-state index is 13.2. The summed E-state index contributed by atoms with van der Waals surface area (Å²) in [5.74, 6) is -0.872. The molecule has 0 spiro atoms. The number of halogens is 5. The first-order chi connectivity index (χ1) is 14.4. The summed E-state index contributed by atoms with van der Waals surface area (Å²) in [4.78, 5) is 12.8. The van der Waals surface area contributed by atoms with E-state index in [1.54, 1.807) is 17.0 Å². The summed E-state index contributed by atoms with van der Waals surface area (Å²) in [6, 6.07) is 9.64. The third-order valence-electron chi connectivity index (χ3n) is 4.84. The second-order valence-corrected chi connectivity index (χ2v) is 7.27. The van der Waals surface area contributed by atoms with Crippen LogP contribution in [0.3, 0.4) is 0 Å². The molecule has 3 rings (SSSR count). The van der Waals surface area contributed by atoms with E-state index in [1.165, 1.54) is 24.3 Å². The number of ether oxygens (including phenoxy) is 2. The van der Waals surface area contributed by atoms with Gasteiger partial charge in [-0.25, -0.2) is 4.79 Å². The second kappa shape index (κ2) is 8.70. The van der Waals surface area contributed by atoms with Crippen LogP contribution in [0.25, 0.3) is 0 Å². The molecule has 0 saturated carbocycles. The van der Waals surface area contributed by atoms with E-state index >= 15 is 0 Å². The van der Waals surface area contributed by atoms with Gasteiger partial charge in [0.05, 0.1) is 30.3 Å². The van der Waals surface area contributed by atoms with Gasteiger partial charge in [-0.1, -0.05) is 0 Å². The van der Waals surface area contributed by atoms with E-state index in [9.17, 15) is 26.7 Å². The fraction of sp³-hybridized carbons (Fsp3) is 0.381. The van der Waals surface area contributed by atoms with E-state index in [0.717, 1.165) is 12.1 Å². The number of aromatic carboxylic acids is 1. The Labute approximate surface area is 175 Å². The Morgan fingerprint density at radius 1 is 1.06 bits per heavy atom. The van der Waals surface area contributed by atoms with E-state index < -0.39 is 36.0 Å². The summed E-state index contributed by atoms with van der Waals surface area (Å²) in [6.07, 6.45) is -7.99. The van der Waals surface area contributed by atoms with Gasteiger partial charge in [0.1, 0.15) is 11.9 Å². The zero-order valence-electron chi connectivity index (χ0n) is 16.4. The molecule has 0 radical (unpaired) electrons. The highest BCUT2D eigenvalue weighted by Crippen LogP contribution is 2.33. The molecule has 2 aromatic carbocycles. The van der Waals surface area contributed by atoms with Crippen molar-refractivity contribution in [3.63, 3.8) is 0 Å². The normalized spacial score (nSPS) is 19.5. The minimum Gasteiger partial charge on any atom is -0.489 e. The van der Waals surface area contributed by atoms with E-state index in [2.05, 4.69) is 4.74 Å². The molecule has 1 aliphatic rings. The van der Waals surface area contributed by atoms with Crippen molar-refractivity contribution in [3.05, 3.63) is 59.7 Å². The predicted octanol–water partition coefficient (Wildman–Crippen LogP) is 5.06. The molecule has 2 aromatic rings. The fourth-order valence-electron chi connectivity index (χ4n) is 3.39. The van der Waals surface area contributed by atoms with Gasteiger partial charge in [0.25, 0.3) is 0 Å². The minimum absolute atomic E-state index is 0.0772. The molecular formula is C21H20F5NO4. The molecule has 1 aliphatic heterocycles. The van der Waals surface area contributed by atoms with Crippen molar-refractivity contribution in [1.29, 1.82) is 0 Å². The topological polar surface area (TPSA) is 59.0 Å². The monoisotopic (exact) mass is 445 g/mol. The van der Waals surface area contributed by atoms with Crippen LogP contribution in [0.15, 0.2) is 48.5 Å². The third kappa shape index (κ3) is 6.06. The van der Waals surface area contributed by atoms with Gasteiger partial charge < -0.3 is 19.5 Å². The van der Waals surface area contributed by atoms with Gasteiger partial charge in [0, 0.05) is 19.0 Å². The van der Waals surface area contributed by atoms with Crippen LogP contribution >= 0.6 is 0 Å². The molecule has 2 atom stereocenters. The van der Waals surface area contributed by atoms with E-state index in [0.29, 0.717) is 12.6 Å². The number of anilines is 1. The molecule has 5 nitrogen and oxygen atoms in total. The number of hydrogen-bond donors (Lipinski definition) is 1. The van der Waals surface area contributed by atoms with Crippen molar-refractivity contribution in [2.75, 3.05) is 18.1 Å². The predicted molar refractivity (Wildman–Crippen MR) is 102 cm³/mol. The van der Waals surface area contributed by atoms with Crippen molar-refractivity contribution < 1.29 is 41.3 Å². The highest BCUT2D eigenvalue weighted by molar-refractivity contribution is 5.88. The van der Waals surface area contributed by atoms with Crippen LogP contribution in [-0.4, -0.2) is 42.5 Å². The number of carbonyl (C=O) groups is 1. The second-order valence-electron chi connectivity index (χ2n) is 7.27. The zero-order chi connectivity index (χ0) is 22.8. The lowest BCUT2D eigenvalue weighted by Crippen LogP contribution is -2.35. The van der Waals surface area contributed by atoms with E-state index in [1.807, 2.05) is 0 Å². The average molecular weight is 445 g/mol. The van der Waals surface area contributed by atoms with Crippen LogP contribution in [0.4, 0.5) is 27.6 Å². The molecule has 0 unspecified atom stereocenters. The first kappa shape index (κ1) is 22.8. The number of carboxylic acid groups (broad SMARTS) is 1. The minimum atomic E-state index is -4.46. The largest absolute Gasteiger partial charge is 0.489 e. The molecular weight excluding hydrogens is 425 g/mol. The summed E-state index contributed by atoms with van der Waals surface area (Å²) in [5, 5.41) is 9.04. The summed E-state index contributed by atoms with van der Waals surface area (Å²) in [5.41, 5.74) is -0.132. The van der Waals surface area contributed by atoms with Crippen molar-refractivity contribution >= 4 is 11.7 Å². The Balaban J connectivity index is 1.74. The van der Waals surface area contributed by atoms with Crippen LogP contribution in [0.2, 0.25) is 0 Å². The molecule has 0 amide bonds. The summed E-state index contributed by atoms with van der Waals surface area (Å²) in [7, 11) is 0. The number of carboxylic acids is 1. The van der Waals surface area contributed by atoms with Crippen molar-refractivity contribution in [3.8, 4) is 5.75 Å². The molecule has 31 heavy (non-hydrogen) atoms. The molecule has 1 saturated heterocycles. The summed E-state index contributed by atoms with van der Waals surface area (Å²) in [6.45, 7) is 0.581. The lowest BCUT2D eigenvalue weighted by atomic mass is 10.1. The molecule has 1 heterocycles. The van der Waals surface area contributed by atoms with Crippen molar-refractivity contribution in [2.45, 2.75) is 37.8 Å². The van der Waals surface area contributed by atoms with Crippen molar-refractivity contribution in [2.24, 2.45) is 0 Å². The maximum atomic E-state index is 13.2. The van der Waals surface area contributed by atoms with E-state index in [4.69, 9.17) is 9.84 Å². The zero-order valence-corrected chi connectivity index (χ0v) is 16.4. The van der Waals surface area contributed by atoms with Crippen LogP contribution in [0.5, 0.6) is 5.75 Å². The molecule has 1 N–H and O–H groups in total. The Hall–Kier alpha value is -2.88. The lowest BCUT2D eigenvalue weighted by molar-refractivity contribution is -0.225. The fourth-order valence-corrected chi connectivity index (χ4v) is 3.39. The van der Waals surface area contributed by atoms with Crippen LogP contribution in [0, 0.1) is 0 Å². The summed E-state index contributed by atoms with van der Waals surface area (Å²) >= 11 is 0. The third-order valence-corrected chi connectivity index (χ3v) is 4.84. The number of nitrogens with zero attached hydrogens (tertiary/aromatic N) is 1. The van der Waals surface area contributed by atoms with Crippen LogP contribution in [0.1, 0.15) is 29.3 Å². The maximum Gasteiger partial charge on any atom is 0.416 e. The lowest BCUT2D eigenvalue weighted by Gasteiger charge is -2.27. The van der Waals surface area contributed by atoms with E-state index in [-0.39, 0.29) is 30.9 Å². The Morgan fingerprint density at radius 2 is 1.68 bits per heavy atom. The van der Waals surface area contributed by atoms with Gasteiger partial charge in [-0.15, -0.1) is 0 Å². The van der Waals surface area contributed by atoms with Gasteiger partial charge in [0.2, 0.25) is 0 Å². The molecule has 1 fully saturated rings. The number of hydrogen-bond acceptors (Lipinski definition) is 4. The molecule has 0 bridgehead atoms. The van der Waals surface area contributed by atoms with Gasteiger partial charge in [0.15, 0.2) is 0 Å². The molecule has 168 valence electrons. The number of alkyl halides is 5. The van der Waals surface area contributed by atoms with Crippen molar-refractivity contribution in [1.82, 2.24) is 0 Å². The standard InChI is InChI=1S/C21H20F5NO4/c1-20(22,23)30-12-16-10-18(31-17-8-4-14(5-9-17)21(24,25)26)11-27(16)15-6-2-13(3-7-15)19(28)29/h2-9,16,18H,10-12H2,1H3,(H,28,29)/t16-,18+/m0/s1. The Bertz CT molecular complexity index is 894. The van der Waals surface area contributed by atoms with Gasteiger partial charge in [-0.3, -0.25) is 0 Å². The quantitative estimate of drug-likeness (QED) is 0.604. The molecule has 0 aliphatic carbocycles. The summed E-state index contributed by atoms with van der Waals surface area (Å²) < 4.78 is 74.9. The Morgan fingerprint density at radius 3 is 2.19 bits per heavy atom. The molecule has 0 aromatic heterocycles. The first-order valence-electron chi connectivity index (χ1n) is 9.38. The number of rotatable bonds is 7.